The van der Waals surface area contributed by atoms with Crippen molar-refractivity contribution < 1.29 is 9.53 Å². The second kappa shape index (κ2) is 6.62. The maximum absolute atomic E-state index is 10.8. The number of hydrogen-bond acceptors (Lipinski definition) is 3. The molecule has 0 spiro atoms. The summed E-state index contributed by atoms with van der Waals surface area (Å²) in [7, 11) is 0. The van der Waals surface area contributed by atoms with Gasteiger partial charge in [-0.3, -0.25) is 4.79 Å². The predicted molar refractivity (Wildman–Crippen MR) is 60.4 cm³/mol. The summed E-state index contributed by atoms with van der Waals surface area (Å²) in [6.45, 7) is 2.23. The van der Waals surface area contributed by atoms with Gasteiger partial charge in [-0.05, 0) is 51.1 Å². The summed E-state index contributed by atoms with van der Waals surface area (Å²) in [6, 6.07) is 0. The van der Waals surface area contributed by atoms with Gasteiger partial charge < -0.3 is 10.5 Å². The molecular weight excluding hydrogens is 190 g/mol. The summed E-state index contributed by atoms with van der Waals surface area (Å²) in [6.07, 6.45) is 8.74. The normalized spacial score (nSPS) is 20.9. The van der Waals surface area contributed by atoms with Gasteiger partial charge in [0.15, 0.2) is 0 Å². The zero-order chi connectivity index (χ0) is 11.1. The van der Waals surface area contributed by atoms with E-state index in [0.29, 0.717) is 0 Å². The van der Waals surface area contributed by atoms with E-state index in [9.17, 15) is 4.79 Å². The molecule has 0 aromatic carbocycles. The van der Waals surface area contributed by atoms with Crippen molar-refractivity contribution in [3.05, 3.63) is 11.6 Å². The molecule has 0 aromatic rings. The van der Waals surface area contributed by atoms with Crippen LogP contribution in [0.1, 0.15) is 45.4 Å². The van der Waals surface area contributed by atoms with Crippen molar-refractivity contribution >= 4 is 5.97 Å². The maximum atomic E-state index is 10.8. The van der Waals surface area contributed by atoms with Crippen molar-refractivity contribution in [2.24, 2.45) is 5.73 Å². The van der Waals surface area contributed by atoms with E-state index in [4.69, 9.17) is 10.5 Å². The minimum absolute atomic E-state index is 0.0177. The van der Waals surface area contributed by atoms with Crippen LogP contribution < -0.4 is 5.73 Å². The molecule has 0 radical (unpaired) electrons. The molecule has 1 atom stereocenters. The predicted octanol–water partition coefficient (Wildman–Crippen LogP) is 2.16. The molecule has 0 heterocycles. The molecule has 3 nitrogen and oxygen atoms in total. The van der Waals surface area contributed by atoms with Crippen molar-refractivity contribution in [3.8, 4) is 0 Å². The quantitative estimate of drug-likeness (QED) is 0.430. The molecule has 1 aliphatic rings. The number of unbranched alkanes of at least 4 members (excludes halogenated alkanes) is 1. The lowest BCUT2D eigenvalue weighted by atomic mass is 9.94. The summed E-state index contributed by atoms with van der Waals surface area (Å²) < 4.78 is 5.19. The van der Waals surface area contributed by atoms with Gasteiger partial charge in [0.2, 0.25) is 0 Å². The van der Waals surface area contributed by atoms with Crippen LogP contribution >= 0.6 is 0 Å². The fourth-order valence-electron chi connectivity index (χ4n) is 1.97. The van der Waals surface area contributed by atoms with Crippen molar-refractivity contribution in [1.29, 1.82) is 0 Å². The third-order valence-electron chi connectivity index (χ3n) is 2.68. The summed E-state index contributed by atoms with van der Waals surface area (Å²) >= 11 is 0. The van der Waals surface area contributed by atoms with Crippen LogP contribution in [0.2, 0.25) is 0 Å². The molecule has 0 bridgehead atoms. The lowest BCUT2D eigenvalue weighted by Crippen LogP contribution is -2.17. The molecule has 15 heavy (non-hydrogen) atoms. The van der Waals surface area contributed by atoms with Crippen LogP contribution in [0, 0.1) is 0 Å². The molecule has 3 heteroatoms. The lowest BCUT2D eigenvalue weighted by Gasteiger charge is -2.20. The van der Waals surface area contributed by atoms with Gasteiger partial charge in [0.05, 0.1) is 0 Å². The minimum atomic E-state index is -0.181. The third kappa shape index (κ3) is 4.98. The zero-order valence-corrected chi connectivity index (χ0v) is 9.50. The largest absolute Gasteiger partial charge is 0.458 e. The first-order chi connectivity index (χ1) is 7.22. The molecule has 0 aromatic heterocycles. The number of allylic oxidation sites excluding steroid dienone is 1. The van der Waals surface area contributed by atoms with E-state index in [1.807, 2.05) is 0 Å². The Hall–Kier alpha value is -0.830. The van der Waals surface area contributed by atoms with E-state index >= 15 is 0 Å². The zero-order valence-electron chi connectivity index (χ0n) is 9.50. The molecule has 0 saturated carbocycles. The Morgan fingerprint density at radius 2 is 2.40 bits per heavy atom. The van der Waals surface area contributed by atoms with Crippen LogP contribution in [0.3, 0.4) is 0 Å². The first kappa shape index (κ1) is 12.2. The van der Waals surface area contributed by atoms with Crippen LogP contribution in [0.4, 0.5) is 0 Å². The molecule has 0 aliphatic heterocycles. The van der Waals surface area contributed by atoms with Gasteiger partial charge in [-0.25, -0.2) is 0 Å². The molecule has 0 amide bonds. The molecule has 0 fully saturated rings. The van der Waals surface area contributed by atoms with Crippen molar-refractivity contribution in [3.63, 3.8) is 0 Å². The monoisotopic (exact) mass is 211 g/mol. The van der Waals surface area contributed by atoms with E-state index < -0.39 is 0 Å². The second-order valence-corrected chi connectivity index (χ2v) is 4.11. The second-order valence-electron chi connectivity index (χ2n) is 4.11. The van der Waals surface area contributed by atoms with Crippen molar-refractivity contribution in [2.75, 3.05) is 6.54 Å². The Balaban J connectivity index is 2.35. The maximum Gasteiger partial charge on any atom is 0.303 e. The van der Waals surface area contributed by atoms with Crippen molar-refractivity contribution in [1.82, 2.24) is 0 Å². The smallest absolute Gasteiger partial charge is 0.303 e. The van der Waals surface area contributed by atoms with Gasteiger partial charge in [-0.2, -0.15) is 0 Å². The Kier molecular flexibility index (Phi) is 5.40. The Morgan fingerprint density at radius 3 is 3.07 bits per heavy atom. The highest BCUT2D eigenvalue weighted by molar-refractivity contribution is 5.66. The van der Waals surface area contributed by atoms with E-state index in [-0.39, 0.29) is 12.1 Å². The molecule has 0 saturated heterocycles. The molecular formula is C12H21NO2. The first-order valence-electron chi connectivity index (χ1n) is 5.79. The molecule has 1 unspecified atom stereocenters. The highest BCUT2D eigenvalue weighted by atomic mass is 16.5. The number of ether oxygens (including phenoxy) is 1. The Labute approximate surface area is 91.7 Å². The van der Waals surface area contributed by atoms with Crippen molar-refractivity contribution in [2.45, 2.75) is 51.6 Å². The number of rotatable bonds is 5. The average Bonchev–Trinajstić information content (AvgIpc) is 2.18. The fourth-order valence-corrected chi connectivity index (χ4v) is 1.97. The highest BCUT2D eigenvalue weighted by Gasteiger charge is 2.15. The molecule has 1 rings (SSSR count). The highest BCUT2D eigenvalue weighted by Crippen LogP contribution is 2.24. The number of esters is 1. The van der Waals surface area contributed by atoms with Gasteiger partial charge >= 0.3 is 5.97 Å². The number of nitrogens with two attached hydrogens (primary N) is 1. The van der Waals surface area contributed by atoms with Gasteiger partial charge in [0.25, 0.3) is 0 Å². The van der Waals surface area contributed by atoms with Gasteiger partial charge in [0.1, 0.15) is 6.10 Å². The number of carbonyl (C=O) groups excluding carboxylic acids is 1. The van der Waals surface area contributed by atoms with Gasteiger partial charge in [-0.15, -0.1) is 0 Å². The lowest BCUT2D eigenvalue weighted by molar-refractivity contribution is -0.144. The number of carbonyl (C=O) groups is 1. The molecule has 2 N–H and O–H groups in total. The summed E-state index contributed by atoms with van der Waals surface area (Å²) in [5, 5.41) is 0. The average molecular weight is 211 g/mol. The van der Waals surface area contributed by atoms with Crippen LogP contribution in [0.25, 0.3) is 0 Å². The number of hydrogen-bond donors (Lipinski definition) is 1. The van der Waals surface area contributed by atoms with E-state index in [2.05, 4.69) is 6.08 Å². The Morgan fingerprint density at radius 1 is 1.60 bits per heavy atom. The van der Waals surface area contributed by atoms with Gasteiger partial charge in [-0.1, -0.05) is 5.57 Å². The SMILES string of the molecule is CC(=O)OC1C=C(CCCCN)CCC1. The van der Waals surface area contributed by atoms with Crippen LogP contribution in [0.5, 0.6) is 0 Å². The fraction of sp³-hybridized carbons (Fsp3) is 0.750. The topological polar surface area (TPSA) is 52.3 Å². The van der Waals surface area contributed by atoms with Crippen LogP contribution in [-0.2, 0) is 9.53 Å². The van der Waals surface area contributed by atoms with E-state index in [1.165, 1.54) is 12.5 Å². The summed E-state index contributed by atoms with van der Waals surface area (Å²) in [4.78, 5) is 10.8. The molecule has 1 aliphatic carbocycles. The molecule has 86 valence electrons. The summed E-state index contributed by atoms with van der Waals surface area (Å²) in [5.74, 6) is -0.181. The van der Waals surface area contributed by atoms with Gasteiger partial charge in [0, 0.05) is 6.92 Å². The van der Waals surface area contributed by atoms with Crippen LogP contribution in [-0.4, -0.2) is 18.6 Å². The third-order valence-corrected chi connectivity index (χ3v) is 2.68. The standard InChI is InChI=1S/C12H21NO2/c1-10(14)15-12-7-4-6-11(9-12)5-2-3-8-13/h9,12H,2-8,13H2,1H3. The summed E-state index contributed by atoms with van der Waals surface area (Å²) in [5.41, 5.74) is 6.88. The van der Waals surface area contributed by atoms with E-state index in [0.717, 1.165) is 45.1 Å². The first-order valence-corrected chi connectivity index (χ1v) is 5.79. The Bertz CT molecular complexity index is 236. The van der Waals surface area contributed by atoms with E-state index in [1.54, 1.807) is 0 Å². The minimum Gasteiger partial charge on any atom is -0.458 e. The van der Waals surface area contributed by atoms with Crippen LogP contribution in [0.15, 0.2) is 11.6 Å².